The van der Waals surface area contributed by atoms with Gasteiger partial charge >= 0.3 is 0 Å². The van der Waals surface area contributed by atoms with Crippen LogP contribution in [-0.4, -0.2) is 4.98 Å². The summed E-state index contributed by atoms with van der Waals surface area (Å²) >= 11 is 0. The monoisotopic (exact) mass is 614 g/mol. The van der Waals surface area contributed by atoms with E-state index in [1.807, 2.05) is 30.3 Å². The Morgan fingerprint density at radius 3 is 1.77 bits per heavy atom. The molecule has 0 N–H and O–H groups in total. The van der Waals surface area contributed by atoms with Crippen LogP contribution >= 0.6 is 0 Å². The average Bonchev–Trinajstić information content (AvgIpc) is 3.61. The van der Waals surface area contributed by atoms with E-state index in [4.69, 9.17) is 9.40 Å². The standard InChI is InChI=1S/C45H30N2O/c1-5-15-31(16-6-1)34-21-13-24-37(29-34)47(36-22-11-4-12-23-36)41-26-14-25-38-42-35(30-39(43(38)41)32-17-7-2-8-18-32)27-28-40-44(42)48-45(46-40)33-19-9-3-10-20-33/h1-30H. The Kier molecular flexibility index (Phi) is 6.80. The molecule has 3 nitrogen and oxygen atoms in total. The smallest absolute Gasteiger partial charge is 0.227 e. The van der Waals surface area contributed by atoms with Crippen molar-refractivity contribution in [3.05, 3.63) is 182 Å². The number of aromatic nitrogens is 1. The van der Waals surface area contributed by atoms with Crippen LogP contribution in [0.15, 0.2) is 186 Å². The molecule has 0 radical (unpaired) electrons. The SMILES string of the molecule is c1ccc(-c2cccc(N(c3ccccc3)c3cccc4c3c(-c3ccccc3)cc3ccc5nc(-c6ccccc6)oc5c34)c2)cc1. The van der Waals surface area contributed by atoms with Gasteiger partial charge in [0.2, 0.25) is 5.89 Å². The van der Waals surface area contributed by atoms with Crippen LogP contribution in [0.25, 0.3) is 66.4 Å². The van der Waals surface area contributed by atoms with E-state index in [-0.39, 0.29) is 0 Å². The lowest BCUT2D eigenvalue weighted by molar-refractivity contribution is 0.623. The first kappa shape index (κ1) is 27.8. The van der Waals surface area contributed by atoms with Gasteiger partial charge in [0.1, 0.15) is 5.52 Å². The molecule has 0 saturated carbocycles. The summed E-state index contributed by atoms with van der Waals surface area (Å²) in [5, 5.41) is 4.43. The average molecular weight is 615 g/mol. The number of benzene rings is 8. The highest BCUT2D eigenvalue weighted by Gasteiger charge is 2.22. The van der Waals surface area contributed by atoms with E-state index < -0.39 is 0 Å². The highest BCUT2D eigenvalue weighted by atomic mass is 16.3. The summed E-state index contributed by atoms with van der Waals surface area (Å²) in [5.74, 6) is 0.623. The van der Waals surface area contributed by atoms with Crippen LogP contribution < -0.4 is 4.90 Å². The zero-order valence-corrected chi connectivity index (χ0v) is 26.1. The van der Waals surface area contributed by atoms with Crippen LogP contribution in [0.3, 0.4) is 0 Å². The summed E-state index contributed by atoms with van der Waals surface area (Å²) in [6, 6.07) is 64.0. The van der Waals surface area contributed by atoms with Gasteiger partial charge in [-0.1, -0.05) is 127 Å². The maximum atomic E-state index is 6.63. The molecule has 9 aromatic rings. The lowest BCUT2D eigenvalue weighted by Crippen LogP contribution is -2.11. The number of rotatable bonds is 6. The number of oxazole rings is 1. The highest BCUT2D eigenvalue weighted by Crippen LogP contribution is 2.47. The minimum Gasteiger partial charge on any atom is -0.435 e. The maximum Gasteiger partial charge on any atom is 0.227 e. The summed E-state index contributed by atoms with van der Waals surface area (Å²) in [6.45, 7) is 0. The first-order valence-corrected chi connectivity index (χ1v) is 16.2. The van der Waals surface area contributed by atoms with Crippen LogP contribution in [0.1, 0.15) is 0 Å². The third-order valence-corrected chi connectivity index (χ3v) is 9.04. The summed E-state index contributed by atoms with van der Waals surface area (Å²) in [4.78, 5) is 7.31. The largest absolute Gasteiger partial charge is 0.435 e. The van der Waals surface area contributed by atoms with E-state index in [1.165, 1.54) is 11.1 Å². The van der Waals surface area contributed by atoms with Crippen molar-refractivity contribution < 1.29 is 4.42 Å². The number of hydrogen-bond acceptors (Lipinski definition) is 3. The van der Waals surface area contributed by atoms with Crippen LogP contribution in [0, 0.1) is 0 Å². The van der Waals surface area contributed by atoms with Crippen molar-refractivity contribution in [2.75, 3.05) is 4.90 Å². The van der Waals surface area contributed by atoms with Gasteiger partial charge in [0.25, 0.3) is 0 Å². The molecule has 0 fully saturated rings. The van der Waals surface area contributed by atoms with Crippen molar-refractivity contribution in [3.63, 3.8) is 0 Å². The minimum atomic E-state index is 0.623. The molecule has 9 rings (SSSR count). The molecular weight excluding hydrogens is 585 g/mol. The first-order valence-electron chi connectivity index (χ1n) is 16.2. The molecule has 0 saturated heterocycles. The molecule has 0 aliphatic heterocycles. The van der Waals surface area contributed by atoms with Crippen molar-refractivity contribution in [2.24, 2.45) is 0 Å². The number of fused-ring (bicyclic) bond motifs is 5. The summed E-state index contributed by atoms with van der Waals surface area (Å²) in [7, 11) is 0. The Morgan fingerprint density at radius 1 is 0.438 bits per heavy atom. The predicted molar refractivity (Wildman–Crippen MR) is 200 cm³/mol. The van der Waals surface area contributed by atoms with E-state index in [2.05, 4.69) is 157 Å². The molecule has 0 aliphatic rings. The Balaban J connectivity index is 1.37. The normalized spacial score (nSPS) is 11.3. The zero-order valence-electron chi connectivity index (χ0n) is 26.1. The summed E-state index contributed by atoms with van der Waals surface area (Å²) < 4.78 is 6.63. The van der Waals surface area contributed by atoms with Gasteiger partial charge in [-0.05, 0) is 87.6 Å². The van der Waals surface area contributed by atoms with E-state index >= 15 is 0 Å². The zero-order chi connectivity index (χ0) is 31.9. The van der Waals surface area contributed by atoms with Crippen molar-refractivity contribution >= 4 is 49.7 Å². The molecule has 0 unspecified atom stereocenters. The Morgan fingerprint density at radius 2 is 1.04 bits per heavy atom. The second kappa shape index (κ2) is 11.7. The number of hydrogen-bond donors (Lipinski definition) is 0. The van der Waals surface area contributed by atoms with Crippen molar-refractivity contribution in [3.8, 4) is 33.7 Å². The van der Waals surface area contributed by atoms with Gasteiger partial charge in [0.05, 0.1) is 5.69 Å². The number of para-hydroxylation sites is 1. The highest BCUT2D eigenvalue weighted by molar-refractivity contribution is 6.24. The second-order valence-electron chi connectivity index (χ2n) is 12.0. The molecular formula is C45H30N2O. The summed E-state index contributed by atoms with van der Waals surface area (Å²) in [6.07, 6.45) is 0. The number of nitrogens with zero attached hydrogens (tertiary/aromatic N) is 2. The van der Waals surface area contributed by atoms with Crippen LogP contribution in [-0.2, 0) is 0 Å². The fraction of sp³-hybridized carbons (Fsp3) is 0. The second-order valence-corrected chi connectivity index (χ2v) is 12.0. The maximum absolute atomic E-state index is 6.63. The first-order chi connectivity index (χ1) is 23.8. The predicted octanol–water partition coefficient (Wildman–Crippen LogP) is 12.6. The molecule has 0 aliphatic carbocycles. The van der Waals surface area contributed by atoms with E-state index in [1.54, 1.807) is 0 Å². The lowest BCUT2D eigenvalue weighted by atomic mass is 9.91. The summed E-state index contributed by atoms with van der Waals surface area (Å²) in [5.41, 5.74) is 10.5. The van der Waals surface area contributed by atoms with E-state index in [0.717, 1.165) is 66.4 Å². The van der Waals surface area contributed by atoms with Gasteiger partial charge in [0.15, 0.2) is 5.58 Å². The molecule has 0 amide bonds. The van der Waals surface area contributed by atoms with E-state index in [0.29, 0.717) is 5.89 Å². The van der Waals surface area contributed by atoms with Crippen molar-refractivity contribution in [2.45, 2.75) is 0 Å². The Bertz CT molecular complexity index is 2540. The molecule has 48 heavy (non-hydrogen) atoms. The Labute approximate surface area is 279 Å². The van der Waals surface area contributed by atoms with Gasteiger partial charge in [-0.15, -0.1) is 0 Å². The fourth-order valence-electron chi connectivity index (χ4n) is 6.86. The third-order valence-electron chi connectivity index (χ3n) is 9.04. The minimum absolute atomic E-state index is 0.623. The van der Waals surface area contributed by atoms with Crippen molar-refractivity contribution in [1.82, 2.24) is 4.98 Å². The molecule has 226 valence electrons. The molecule has 8 aromatic carbocycles. The topological polar surface area (TPSA) is 29.3 Å². The Hall–Kier alpha value is -6.45. The molecule has 0 bridgehead atoms. The molecule has 0 spiro atoms. The van der Waals surface area contributed by atoms with E-state index in [9.17, 15) is 0 Å². The van der Waals surface area contributed by atoms with Gasteiger partial charge < -0.3 is 9.32 Å². The lowest BCUT2D eigenvalue weighted by Gasteiger charge is -2.28. The fourth-order valence-corrected chi connectivity index (χ4v) is 6.86. The van der Waals surface area contributed by atoms with Gasteiger partial charge in [-0.2, -0.15) is 0 Å². The van der Waals surface area contributed by atoms with Crippen LogP contribution in [0.2, 0.25) is 0 Å². The molecule has 1 aromatic heterocycles. The number of anilines is 3. The van der Waals surface area contributed by atoms with Gasteiger partial charge in [-0.25, -0.2) is 4.98 Å². The van der Waals surface area contributed by atoms with Crippen LogP contribution in [0.5, 0.6) is 0 Å². The van der Waals surface area contributed by atoms with Gasteiger partial charge in [-0.3, -0.25) is 0 Å². The van der Waals surface area contributed by atoms with Gasteiger partial charge in [0, 0.05) is 27.7 Å². The van der Waals surface area contributed by atoms with Crippen molar-refractivity contribution in [1.29, 1.82) is 0 Å². The quantitative estimate of drug-likeness (QED) is 0.175. The van der Waals surface area contributed by atoms with Crippen LogP contribution in [0.4, 0.5) is 17.1 Å². The molecule has 1 heterocycles. The molecule has 0 atom stereocenters. The molecule has 3 heteroatoms. The third kappa shape index (κ3) is 4.81.